The number of amides is 1. The molecule has 9 heteroatoms. The number of rotatable bonds is 6. The van der Waals surface area contributed by atoms with Gasteiger partial charge >= 0.3 is 5.69 Å². The summed E-state index contributed by atoms with van der Waals surface area (Å²) in [4.78, 5) is 27.8. The van der Waals surface area contributed by atoms with Gasteiger partial charge in [0.25, 0.3) is 0 Å². The molecule has 0 aliphatic carbocycles. The van der Waals surface area contributed by atoms with Crippen LogP contribution in [-0.4, -0.2) is 58.2 Å². The lowest BCUT2D eigenvalue weighted by Crippen LogP contribution is -2.49. The summed E-state index contributed by atoms with van der Waals surface area (Å²) in [6, 6.07) is 5.93. The van der Waals surface area contributed by atoms with Gasteiger partial charge in [-0.1, -0.05) is 25.1 Å². The second-order valence-electron chi connectivity index (χ2n) is 7.43. The zero-order chi connectivity index (χ0) is 21.1. The number of hydrogen-bond donors (Lipinski definition) is 1. The third-order valence-electron chi connectivity index (χ3n) is 5.36. The average Bonchev–Trinajstić information content (AvgIpc) is 3.02. The Morgan fingerprint density at radius 2 is 1.83 bits per heavy atom. The van der Waals surface area contributed by atoms with Crippen molar-refractivity contribution in [3.8, 4) is 0 Å². The molecule has 29 heavy (non-hydrogen) atoms. The third-order valence-corrected chi connectivity index (χ3v) is 5.36. The molecule has 0 spiro atoms. The van der Waals surface area contributed by atoms with Crippen LogP contribution in [0.1, 0.15) is 23.7 Å². The molecule has 0 radical (unpaired) electrons. The maximum Gasteiger partial charge on any atom is 0.334 e. The Balaban J connectivity index is 1.62. The second-order valence-corrected chi connectivity index (χ2v) is 7.43. The van der Waals surface area contributed by atoms with Crippen molar-refractivity contribution in [3.05, 3.63) is 45.1 Å². The Morgan fingerprint density at radius 3 is 2.38 bits per heavy atom. The van der Waals surface area contributed by atoms with Crippen LogP contribution in [0.15, 0.2) is 18.2 Å². The van der Waals surface area contributed by atoms with E-state index >= 15 is 0 Å². The first-order valence-corrected chi connectivity index (χ1v) is 9.85. The number of anilines is 2. The van der Waals surface area contributed by atoms with Crippen LogP contribution in [0.4, 0.5) is 17.2 Å². The van der Waals surface area contributed by atoms with E-state index < -0.39 is 0 Å². The maximum atomic E-state index is 12.5. The van der Waals surface area contributed by atoms with Gasteiger partial charge in [-0.2, -0.15) is 5.10 Å². The number of aryl methyl sites for hydroxylation is 4. The second kappa shape index (κ2) is 8.60. The van der Waals surface area contributed by atoms with Gasteiger partial charge in [0, 0.05) is 38.9 Å². The molecule has 0 unspecified atom stereocenters. The molecule has 1 saturated heterocycles. The normalized spacial score (nSPS) is 14.8. The quantitative estimate of drug-likeness (QED) is 0.590. The van der Waals surface area contributed by atoms with Crippen LogP contribution in [0.25, 0.3) is 0 Å². The zero-order valence-electron chi connectivity index (χ0n) is 17.4. The number of piperazine rings is 1. The molecule has 1 aliphatic rings. The highest BCUT2D eigenvalue weighted by molar-refractivity contribution is 5.93. The number of para-hydroxylation sites is 1. The number of nitro groups is 1. The fraction of sp³-hybridized carbons (Fsp3) is 0.500. The van der Waals surface area contributed by atoms with E-state index in [1.807, 2.05) is 43.9 Å². The van der Waals surface area contributed by atoms with Gasteiger partial charge in [-0.05, 0) is 31.4 Å². The van der Waals surface area contributed by atoms with Gasteiger partial charge in [-0.3, -0.25) is 19.8 Å². The molecule has 1 fully saturated rings. The highest BCUT2D eigenvalue weighted by Crippen LogP contribution is 2.32. The molecule has 1 aromatic heterocycles. The van der Waals surface area contributed by atoms with Gasteiger partial charge in [0.15, 0.2) is 0 Å². The number of nitrogens with one attached hydrogen (secondary N) is 1. The molecule has 2 aromatic rings. The van der Waals surface area contributed by atoms with Gasteiger partial charge in [0.1, 0.15) is 5.69 Å². The van der Waals surface area contributed by atoms with Crippen LogP contribution in [0.2, 0.25) is 0 Å². The number of hydrogen-bond acceptors (Lipinski definition) is 6. The van der Waals surface area contributed by atoms with Crippen molar-refractivity contribution in [2.75, 3.05) is 42.9 Å². The van der Waals surface area contributed by atoms with Crippen molar-refractivity contribution in [1.29, 1.82) is 0 Å². The van der Waals surface area contributed by atoms with E-state index in [1.165, 1.54) is 0 Å². The largest absolute Gasteiger partial charge is 0.349 e. The Labute approximate surface area is 170 Å². The molecule has 3 rings (SSSR count). The van der Waals surface area contributed by atoms with Crippen LogP contribution >= 0.6 is 0 Å². The summed E-state index contributed by atoms with van der Waals surface area (Å²) in [5.74, 6) is 0.502. The molecule has 1 amide bonds. The van der Waals surface area contributed by atoms with Crippen molar-refractivity contribution < 1.29 is 9.72 Å². The minimum Gasteiger partial charge on any atom is -0.349 e. The molecule has 2 heterocycles. The molecule has 0 bridgehead atoms. The van der Waals surface area contributed by atoms with Crippen LogP contribution in [-0.2, 0) is 18.3 Å². The van der Waals surface area contributed by atoms with Crippen LogP contribution in [0.3, 0.4) is 0 Å². The Morgan fingerprint density at radius 1 is 1.21 bits per heavy atom. The minimum atomic E-state index is -0.342. The summed E-state index contributed by atoms with van der Waals surface area (Å²) in [7, 11) is 1.74. The maximum absolute atomic E-state index is 12.5. The number of nitrogens with zero attached hydrogens (tertiary/aromatic N) is 5. The van der Waals surface area contributed by atoms with Crippen LogP contribution in [0, 0.1) is 24.0 Å². The molecule has 156 valence electrons. The predicted octanol–water partition coefficient (Wildman–Crippen LogP) is 2.27. The molecule has 1 N–H and O–H groups in total. The van der Waals surface area contributed by atoms with Gasteiger partial charge in [-0.25, -0.2) is 4.68 Å². The Hall–Kier alpha value is -2.94. The fourth-order valence-corrected chi connectivity index (χ4v) is 3.85. The molecular weight excluding hydrogens is 372 g/mol. The lowest BCUT2D eigenvalue weighted by molar-refractivity contribution is -0.384. The van der Waals surface area contributed by atoms with Crippen molar-refractivity contribution in [1.82, 2.24) is 14.7 Å². The lowest BCUT2D eigenvalue weighted by atomic mass is 10.1. The number of aromatic nitrogens is 2. The van der Waals surface area contributed by atoms with Crippen LogP contribution < -0.4 is 10.2 Å². The molecule has 9 nitrogen and oxygen atoms in total. The van der Waals surface area contributed by atoms with Gasteiger partial charge in [0.2, 0.25) is 11.7 Å². The Kier molecular flexibility index (Phi) is 6.17. The predicted molar refractivity (Wildman–Crippen MR) is 112 cm³/mol. The van der Waals surface area contributed by atoms with Crippen molar-refractivity contribution >= 4 is 23.1 Å². The summed E-state index contributed by atoms with van der Waals surface area (Å²) in [5.41, 5.74) is 3.55. The first-order valence-electron chi connectivity index (χ1n) is 9.85. The summed E-state index contributed by atoms with van der Waals surface area (Å²) in [5, 5.41) is 18.9. The van der Waals surface area contributed by atoms with E-state index in [0.29, 0.717) is 50.7 Å². The molecule has 1 aliphatic heterocycles. The minimum absolute atomic E-state index is 0.0457. The highest BCUT2D eigenvalue weighted by atomic mass is 16.6. The molecule has 0 saturated carbocycles. The molecular formula is C20H28N6O3. The molecule has 1 aromatic carbocycles. The van der Waals surface area contributed by atoms with E-state index in [0.717, 1.165) is 16.8 Å². The number of benzene rings is 1. The number of carbonyl (C=O) groups is 1. The van der Waals surface area contributed by atoms with Gasteiger partial charge < -0.3 is 10.2 Å². The third kappa shape index (κ3) is 4.40. The monoisotopic (exact) mass is 400 g/mol. The average molecular weight is 400 g/mol. The van der Waals surface area contributed by atoms with Crippen molar-refractivity contribution in [2.45, 2.75) is 27.2 Å². The standard InChI is InChI=1S/C20H28N6O3/c1-5-16-19(26(28)29)20(23(4)22-16)25-11-9-24(10-12-25)13-17(27)21-18-14(2)7-6-8-15(18)3/h6-8H,5,9-13H2,1-4H3,(H,21,27). The van der Waals surface area contributed by atoms with Gasteiger partial charge in [0.05, 0.1) is 11.5 Å². The lowest BCUT2D eigenvalue weighted by Gasteiger charge is -2.35. The zero-order valence-corrected chi connectivity index (χ0v) is 17.4. The van der Waals surface area contributed by atoms with Crippen LogP contribution in [0.5, 0.6) is 0 Å². The molecule has 0 atom stereocenters. The van der Waals surface area contributed by atoms with E-state index in [2.05, 4.69) is 15.3 Å². The summed E-state index contributed by atoms with van der Waals surface area (Å²) >= 11 is 0. The first kappa shape index (κ1) is 20.8. The SMILES string of the molecule is CCc1nn(C)c(N2CCN(CC(=O)Nc3c(C)cccc3C)CC2)c1[N+](=O)[O-]. The van der Waals surface area contributed by atoms with Crippen molar-refractivity contribution in [2.24, 2.45) is 7.05 Å². The topological polar surface area (TPSA) is 96.5 Å². The Bertz CT molecular complexity index is 895. The van der Waals surface area contributed by atoms with E-state index in [4.69, 9.17) is 0 Å². The fourth-order valence-electron chi connectivity index (χ4n) is 3.85. The smallest absolute Gasteiger partial charge is 0.334 e. The van der Waals surface area contributed by atoms with E-state index in [1.54, 1.807) is 11.7 Å². The van der Waals surface area contributed by atoms with E-state index in [-0.39, 0.29) is 16.5 Å². The van der Waals surface area contributed by atoms with E-state index in [9.17, 15) is 14.9 Å². The van der Waals surface area contributed by atoms with Crippen molar-refractivity contribution in [3.63, 3.8) is 0 Å². The van der Waals surface area contributed by atoms with Gasteiger partial charge in [-0.15, -0.1) is 0 Å². The summed E-state index contributed by atoms with van der Waals surface area (Å²) in [6.45, 7) is 8.66. The first-order chi connectivity index (χ1) is 13.8. The summed E-state index contributed by atoms with van der Waals surface area (Å²) < 4.78 is 1.60. The summed E-state index contributed by atoms with van der Waals surface area (Å²) in [6.07, 6.45) is 0.516. The highest BCUT2D eigenvalue weighted by Gasteiger charge is 2.31. The number of carbonyl (C=O) groups excluding carboxylic acids is 1.